The molecule has 0 spiro atoms. The van der Waals surface area contributed by atoms with Gasteiger partial charge in [0.2, 0.25) is 0 Å². The minimum atomic E-state index is -4.03. The van der Waals surface area contributed by atoms with Crippen LogP contribution < -0.4 is 0 Å². The zero-order chi connectivity index (χ0) is 14.8. The Bertz CT molecular complexity index is 442. The van der Waals surface area contributed by atoms with E-state index in [1.54, 1.807) is 0 Å². The van der Waals surface area contributed by atoms with Crippen molar-refractivity contribution in [1.82, 2.24) is 0 Å². The molecule has 1 aliphatic carbocycles. The Morgan fingerprint density at radius 1 is 1.25 bits per heavy atom. The Hall–Kier alpha value is -0.510. The molecule has 3 atom stereocenters. The summed E-state index contributed by atoms with van der Waals surface area (Å²) in [4.78, 5) is 0.133. The molecule has 0 aliphatic heterocycles. The Kier molecular flexibility index (Phi) is 5.16. The topological polar surface area (TPSA) is 0 Å². The van der Waals surface area contributed by atoms with E-state index < -0.39 is 12.1 Å². The molecule has 1 fully saturated rings. The summed E-state index contributed by atoms with van der Waals surface area (Å²) in [5.74, 6) is -0.992. The molecule has 0 radical (unpaired) electrons. The molecule has 0 nitrogen and oxygen atoms in total. The Morgan fingerprint density at radius 3 is 2.60 bits per heavy atom. The van der Waals surface area contributed by atoms with Crippen molar-refractivity contribution in [2.45, 2.75) is 50.0 Å². The van der Waals surface area contributed by atoms with Crippen LogP contribution in [0.4, 0.5) is 13.2 Å². The third-order valence-corrected chi connectivity index (χ3v) is 5.44. The summed E-state index contributed by atoms with van der Waals surface area (Å²) in [5, 5.41) is 0. The van der Waals surface area contributed by atoms with Crippen LogP contribution in [0.15, 0.2) is 24.3 Å². The molecule has 3 unspecified atom stereocenters. The molecule has 0 aromatic heterocycles. The molecular formula is C16H20BrF3. The van der Waals surface area contributed by atoms with Gasteiger partial charge < -0.3 is 0 Å². The number of hydrogen-bond donors (Lipinski definition) is 0. The summed E-state index contributed by atoms with van der Waals surface area (Å²) >= 11 is 3.64. The van der Waals surface area contributed by atoms with E-state index in [0.717, 1.165) is 12.8 Å². The number of aryl methyl sites for hydroxylation is 1. The average molecular weight is 349 g/mol. The molecule has 0 N–H and O–H groups in total. The predicted molar refractivity (Wildman–Crippen MR) is 79.1 cm³/mol. The van der Waals surface area contributed by atoms with Crippen molar-refractivity contribution in [3.8, 4) is 0 Å². The second-order valence-electron chi connectivity index (χ2n) is 5.81. The number of benzene rings is 1. The van der Waals surface area contributed by atoms with Crippen LogP contribution in [0.3, 0.4) is 0 Å². The number of rotatable bonds is 3. The van der Waals surface area contributed by atoms with Gasteiger partial charge in [0.25, 0.3) is 0 Å². The minimum Gasteiger partial charge on any atom is -0.171 e. The molecule has 0 bridgehead atoms. The Morgan fingerprint density at radius 2 is 1.95 bits per heavy atom. The number of alkyl halides is 4. The van der Waals surface area contributed by atoms with E-state index in [4.69, 9.17) is 0 Å². The van der Waals surface area contributed by atoms with Gasteiger partial charge in [-0.1, -0.05) is 46.6 Å². The van der Waals surface area contributed by atoms with Crippen LogP contribution in [0.1, 0.15) is 36.8 Å². The lowest BCUT2D eigenvalue weighted by atomic mass is 9.78. The minimum absolute atomic E-state index is 0.120. The van der Waals surface area contributed by atoms with Crippen LogP contribution in [0.25, 0.3) is 0 Å². The summed E-state index contributed by atoms with van der Waals surface area (Å²) in [7, 11) is 0. The van der Waals surface area contributed by atoms with E-state index >= 15 is 0 Å². The maximum atomic E-state index is 12.9. The number of hydrogen-bond acceptors (Lipinski definition) is 0. The van der Waals surface area contributed by atoms with Crippen LogP contribution >= 0.6 is 15.9 Å². The lowest BCUT2D eigenvalue weighted by Crippen LogP contribution is -2.32. The maximum Gasteiger partial charge on any atom is 0.391 e. The van der Waals surface area contributed by atoms with Crippen LogP contribution in [-0.4, -0.2) is 11.0 Å². The quantitative estimate of drug-likeness (QED) is 0.617. The van der Waals surface area contributed by atoms with Crippen molar-refractivity contribution < 1.29 is 13.2 Å². The van der Waals surface area contributed by atoms with Gasteiger partial charge in [-0.05, 0) is 49.7 Å². The first kappa shape index (κ1) is 15.9. The van der Waals surface area contributed by atoms with Gasteiger partial charge in [-0.2, -0.15) is 13.2 Å². The normalized spacial score (nSPS) is 25.4. The monoisotopic (exact) mass is 348 g/mol. The fraction of sp³-hybridized carbons (Fsp3) is 0.625. The van der Waals surface area contributed by atoms with Gasteiger partial charge in [0, 0.05) is 4.83 Å². The summed E-state index contributed by atoms with van der Waals surface area (Å²) < 4.78 is 38.6. The molecule has 0 heterocycles. The van der Waals surface area contributed by atoms with E-state index in [9.17, 15) is 13.2 Å². The van der Waals surface area contributed by atoms with Crippen molar-refractivity contribution >= 4 is 15.9 Å². The second kappa shape index (κ2) is 6.50. The largest absolute Gasteiger partial charge is 0.391 e. The van der Waals surface area contributed by atoms with E-state index in [1.807, 2.05) is 12.1 Å². The summed E-state index contributed by atoms with van der Waals surface area (Å²) in [6.07, 6.45) is -1.08. The molecule has 0 amide bonds. The average Bonchev–Trinajstić information content (AvgIpc) is 2.40. The van der Waals surface area contributed by atoms with Gasteiger partial charge in [0.05, 0.1) is 5.92 Å². The highest BCUT2D eigenvalue weighted by molar-refractivity contribution is 9.09. The van der Waals surface area contributed by atoms with Gasteiger partial charge in [0.1, 0.15) is 0 Å². The summed E-state index contributed by atoms with van der Waals surface area (Å²) in [6.45, 7) is 2.05. The van der Waals surface area contributed by atoms with Gasteiger partial charge in [-0.15, -0.1) is 0 Å². The first-order valence-corrected chi connectivity index (χ1v) is 8.04. The molecule has 4 heteroatoms. The Balaban J connectivity index is 1.99. The second-order valence-corrected chi connectivity index (χ2v) is 6.99. The lowest BCUT2D eigenvalue weighted by Gasteiger charge is -2.33. The SMILES string of the molecule is Cc1ccccc1CC(Br)C1CCCC(C(F)(F)F)C1. The molecule has 0 saturated heterocycles. The fourth-order valence-corrected chi connectivity index (χ4v) is 3.90. The maximum absolute atomic E-state index is 12.9. The lowest BCUT2D eigenvalue weighted by molar-refractivity contribution is -0.185. The highest BCUT2D eigenvalue weighted by Gasteiger charge is 2.43. The van der Waals surface area contributed by atoms with Crippen LogP contribution in [0, 0.1) is 18.8 Å². The van der Waals surface area contributed by atoms with Crippen LogP contribution in [-0.2, 0) is 6.42 Å². The molecule has 2 rings (SSSR count). The van der Waals surface area contributed by atoms with Crippen LogP contribution in [0.5, 0.6) is 0 Å². The van der Waals surface area contributed by atoms with Gasteiger partial charge in [-0.3, -0.25) is 0 Å². The van der Waals surface area contributed by atoms with E-state index in [-0.39, 0.29) is 17.2 Å². The molecule has 112 valence electrons. The predicted octanol–water partition coefficient (Wildman–Crippen LogP) is 5.67. The van der Waals surface area contributed by atoms with Gasteiger partial charge >= 0.3 is 6.18 Å². The molecule has 1 aromatic rings. The molecule has 1 aliphatic rings. The zero-order valence-electron chi connectivity index (χ0n) is 11.6. The third kappa shape index (κ3) is 4.00. The van der Waals surface area contributed by atoms with E-state index in [1.165, 1.54) is 11.1 Å². The van der Waals surface area contributed by atoms with Crippen molar-refractivity contribution in [1.29, 1.82) is 0 Å². The highest BCUT2D eigenvalue weighted by Crippen LogP contribution is 2.42. The zero-order valence-corrected chi connectivity index (χ0v) is 13.2. The molecule has 1 aromatic carbocycles. The van der Waals surface area contributed by atoms with Crippen molar-refractivity contribution in [3.05, 3.63) is 35.4 Å². The fourth-order valence-electron chi connectivity index (χ4n) is 3.07. The molecular weight excluding hydrogens is 329 g/mol. The van der Waals surface area contributed by atoms with Crippen molar-refractivity contribution in [2.75, 3.05) is 0 Å². The van der Waals surface area contributed by atoms with E-state index in [0.29, 0.717) is 12.8 Å². The van der Waals surface area contributed by atoms with Crippen LogP contribution in [0.2, 0.25) is 0 Å². The van der Waals surface area contributed by atoms with Crippen molar-refractivity contribution in [3.63, 3.8) is 0 Å². The Labute approximate surface area is 126 Å². The standard InChI is InChI=1S/C16H20BrF3/c1-11-5-2-3-6-12(11)10-15(17)13-7-4-8-14(9-13)16(18,19)20/h2-3,5-6,13-15H,4,7-10H2,1H3. The van der Waals surface area contributed by atoms with Crippen molar-refractivity contribution in [2.24, 2.45) is 11.8 Å². The highest BCUT2D eigenvalue weighted by atomic mass is 79.9. The smallest absolute Gasteiger partial charge is 0.171 e. The number of halogens is 4. The first-order chi connectivity index (χ1) is 9.38. The summed E-state index contributed by atoms with van der Waals surface area (Å²) in [6, 6.07) is 8.09. The van der Waals surface area contributed by atoms with E-state index in [2.05, 4.69) is 35.0 Å². The third-order valence-electron chi connectivity index (χ3n) is 4.37. The summed E-state index contributed by atoms with van der Waals surface area (Å²) in [5.41, 5.74) is 2.43. The first-order valence-electron chi connectivity index (χ1n) is 7.13. The van der Waals surface area contributed by atoms with Gasteiger partial charge in [-0.25, -0.2) is 0 Å². The van der Waals surface area contributed by atoms with Gasteiger partial charge in [0.15, 0.2) is 0 Å². The molecule has 20 heavy (non-hydrogen) atoms. The molecule has 1 saturated carbocycles.